The Morgan fingerprint density at radius 2 is 1.76 bits per heavy atom. The third-order valence-electron chi connectivity index (χ3n) is 4.33. The summed E-state index contributed by atoms with van der Waals surface area (Å²) in [5.74, 6) is 0. The number of anilines is 1. The minimum Gasteiger partial charge on any atom is -0.345 e. The molecule has 7 heteroatoms. The number of nitrogens with one attached hydrogen (secondary N) is 1. The van der Waals surface area contributed by atoms with E-state index in [4.69, 9.17) is 0 Å². The van der Waals surface area contributed by atoms with Gasteiger partial charge in [0.1, 0.15) is 9.90 Å². The van der Waals surface area contributed by atoms with Gasteiger partial charge in [0.2, 0.25) is 0 Å². The molecule has 2 aromatic heterocycles. The highest BCUT2D eigenvalue weighted by atomic mass is 32.2. The Balaban J connectivity index is 2.07. The summed E-state index contributed by atoms with van der Waals surface area (Å²) in [6.07, 6.45) is 0. The van der Waals surface area contributed by atoms with Gasteiger partial charge < -0.3 is 4.57 Å². The van der Waals surface area contributed by atoms with Crippen LogP contribution in [0.2, 0.25) is 0 Å². The summed E-state index contributed by atoms with van der Waals surface area (Å²) < 4.78 is 30.6. The molecule has 0 saturated carbocycles. The highest BCUT2D eigenvalue weighted by molar-refractivity contribution is 7.92. The summed E-state index contributed by atoms with van der Waals surface area (Å²) in [4.78, 5) is 4.75. The zero-order valence-electron chi connectivity index (χ0n) is 14.9. The maximum atomic E-state index is 13.0. The second kappa shape index (κ2) is 6.31. The van der Waals surface area contributed by atoms with E-state index in [2.05, 4.69) is 9.71 Å². The SMILES string of the molecule is Cc1csc(-c2cc(S(=O)(=O)Nc3c(C)cccc3C)c(C)n2C)n1. The van der Waals surface area contributed by atoms with Gasteiger partial charge in [0, 0.05) is 23.8 Å². The molecule has 0 atom stereocenters. The first-order valence-corrected chi connectivity index (χ1v) is 10.2. The summed E-state index contributed by atoms with van der Waals surface area (Å²) in [7, 11) is -1.83. The molecule has 0 fully saturated rings. The third-order valence-corrected chi connectivity index (χ3v) is 6.78. The number of para-hydroxylation sites is 1. The fourth-order valence-corrected chi connectivity index (χ4v) is 5.13. The molecule has 0 bridgehead atoms. The van der Waals surface area contributed by atoms with Crippen LogP contribution in [-0.4, -0.2) is 18.0 Å². The van der Waals surface area contributed by atoms with Gasteiger partial charge in [-0.1, -0.05) is 18.2 Å². The molecule has 0 saturated heterocycles. The average molecular weight is 376 g/mol. The molecule has 3 aromatic rings. The molecule has 1 aromatic carbocycles. The number of hydrogen-bond donors (Lipinski definition) is 1. The highest BCUT2D eigenvalue weighted by Gasteiger charge is 2.24. The van der Waals surface area contributed by atoms with E-state index in [0.29, 0.717) is 11.4 Å². The Morgan fingerprint density at radius 1 is 1.12 bits per heavy atom. The smallest absolute Gasteiger partial charge is 0.263 e. The van der Waals surface area contributed by atoms with Crippen LogP contribution in [0, 0.1) is 27.7 Å². The zero-order valence-corrected chi connectivity index (χ0v) is 16.5. The molecule has 132 valence electrons. The van der Waals surface area contributed by atoms with E-state index in [1.807, 2.05) is 62.9 Å². The van der Waals surface area contributed by atoms with Gasteiger partial charge in [-0.05, 0) is 44.9 Å². The molecule has 0 amide bonds. The van der Waals surface area contributed by atoms with E-state index < -0.39 is 10.0 Å². The van der Waals surface area contributed by atoms with E-state index in [-0.39, 0.29) is 4.90 Å². The summed E-state index contributed by atoms with van der Waals surface area (Å²) in [6, 6.07) is 7.40. The Bertz CT molecular complexity index is 1030. The maximum Gasteiger partial charge on any atom is 0.263 e. The molecule has 1 N–H and O–H groups in total. The van der Waals surface area contributed by atoms with Gasteiger partial charge in [-0.25, -0.2) is 13.4 Å². The molecule has 0 aliphatic heterocycles. The van der Waals surface area contributed by atoms with Crippen molar-refractivity contribution in [1.29, 1.82) is 0 Å². The fraction of sp³-hybridized carbons (Fsp3) is 0.278. The van der Waals surface area contributed by atoms with Gasteiger partial charge in [0.15, 0.2) is 0 Å². The summed E-state index contributed by atoms with van der Waals surface area (Å²) in [5.41, 5.74) is 4.84. The minimum absolute atomic E-state index is 0.278. The first-order chi connectivity index (χ1) is 11.7. The van der Waals surface area contributed by atoms with Crippen LogP contribution in [0.1, 0.15) is 22.5 Å². The fourth-order valence-electron chi connectivity index (χ4n) is 2.79. The van der Waals surface area contributed by atoms with Crippen molar-refractivity contribution >= 4 is 27.0 Å². The summed E-state index contributed by atoms with van der Waals surface area (Å²) in [6.45, 7) is 7.53. The lowest BCUT2D eigenvalue weighted by Gasteiger charge is -2.13. The van der Waals surface area contributed by atoms with E-state index >= 15 is 0 Å². The van der Waals surface area contributed by atoms with E-state index in [1.165, 1.54) is 11.3 Å². The Hall–Kier alpha value is -2.12. The van der Waals surface area contributed by atoms with Gasteiger partial charge >= 0.3 is 0 Å². The van der Waals surface area contributed by atoms with Crippen molar-refractivity contribution in [3.63, 3.8) is 0 Å². The van der Waals surface area contributed by atoms with Gasteiger partial charge in [-0.3, -0.25) is 4.72 Å². The number of thiazole rings is 1. The first kappa shape index (κ1) is 17.7. The number of benzene rings is 1. The first-order valence-electron chi connectivity index (χ1n) is 7.88. The minimum atomic E-state index is -3.69. The predicted molar refractivity (Wildman–Crippen MR) is 103 cm³/mol. The standard InChI is InChI=1S/C18H21N3O2S2/c1-11-7-6-8-12(2)17(11)20-25(22,23)16-9-15(21(5)14(16)4)18-19-13(3)10-24-18/h6-10,20H,1-5H3. The lowest BCUT2D eigenvalue weighted by molar-refractivity contribution is 0.600. The average Bonchev–Trinajstić information content (AvgIpc) is 3.08. The van der Waals surface area contributed by atoms with Crippen molar-refractivity contribution in [2.45, 2.75) is 32.6 Å². The van der Waals surface area contributed by atoms with Crippen molar-refractivity contribution in [1.82, 2.24) is 9.55 Å². The normalized spacial score (nSPS) is 11.7. The van der Waals surface area contributed by atoms with Crippen molar-refractivity contribution < 1.29 is 8.42 Å². The number of aryl methyl sites for hydroxylation is 3. The highest BCUT2D eigenvalue weighted by Crippen LogP contribution is 2.31. The molecule has 2 heterocycles. The van der Waals surface area contributed by atoms with Crippen molar-refractivity contribution in [2.75, 3.05) is 4.72 Å². The van der Waals surface area contributed by atoms with E-state index in [0.717, 1.165) is 27.5 Å². The Morgan fingerprint density at radius 3 is 2.32 bits per heavy atom. The van der Waals surface area contributed by atoms with E-state index in [9.17, 15) is 8.42 Å². The molecule has 25 heavy (non-hydrogen) atoms. The molecular formula is C18H21N3O2S2. The van der Waals surface area contributed by atoms with Crippen LogP contribution in [0.25, 0.3) is 10.7 Å². The third kappa shape index (κ3) is 3.21. The Labute approximate surface area is 152 Å². The Kier molecular flexibility index (Phi) is 4.47. The van der Waals surface area contributed by atoms with Crippen molar-refractivity contribution in [3.05, 3.63) is 52.2 Å². The topological polar surface area (TPSA) is 64.0 Å². The van der Waals surface area contributed by atoms with Crippen LogP contribution in [0.15, 0.2) is 34.5 Å². The number of aromatic nitrogens is 2. The maximum absolute atomic E-state index is 13.0. The van der Waals surface area contributed by atoms with Crippen LogP contribution in [0.3, 0.4) is 0 Å². The number of sulfonamides is 1. The molecule has 0 unspecified atom stereocenters. The second-order valence-corrected chi connectivity index (χ2v) is 8.71. The van der Waals surface area contributed by atoms with Gasteiger partial charge in [-0.15, -0.1) is 11.3 Å². The van der Waals surface area contributed by atoms with E-state index in [1.54, 1.807) is 6.07 Å². The predicted octanol–water partition coefficient (Wildman–Crippen LogP) is 4.18. The molecule has 5 nitrogen and oxygen atoms in total. The molecule has 0 aliphatic carbocycles. The summed E-state index contributed by atoms with van der Waals surface area (Å²) >= 11 is 1.51. The van der Waals surface area contributed by atoms with Crippen molar-refractivity contribution in [3.8, 4) is 10.7 Å². The van der Waals surface area contributed by atoms with Crippen LogP contribution >= 0.6 is 11.3 Å². The second-order valence-electron chi connectivity index (χ2n) is 6.20. The van der Waals surface area contributed by atoms with Crippen LogP contribution in [0.4, 0.5) is 5.69 Å². The zero-order chi connectivity index (χ0) is 18.4. The number of hydrogen-bond acceptors (Lipinski definition) is 4. The molecule has 0 radical (unpaired) electrons. The van der Waals surface area contributed by atoms with Gasteiger partial charge in [-0.2, -0.15) is 0 Å². The molecule has 0 aliphatic rings. The number of nitrogens with zero attached hydrogens (tertiary/aromatic N) is 2. The van der Waals surface area contributed by atoms with Crippen LogP contribution < -0.4 is 4.72 Å². The van der Waals surface area contributed by atoms with Gasteiger partial charge in [0.25, 0.3) is 10.0 Å². The van der Waals surface area contributed by atoms with Crippen LogP contribution in [0.5, 0.6) is 0 Å². The summed E-state index contributed by atoms with van der Waals surface area (Å²) in [5, 5.41) is 2.78. The molecule has 0 spiro atoms. The lowest BCUT2D eigenvalue weighted by atomic mass is 10.1. The van der Waals surface area contributed by atoms with Gasteiger partial charge in [0.05, 0.1) is 11.4 Å². The molecular weight excluding hydrogens is 354 g/mol. The number of rotatable bonds is 4. The molecule has 3 rings (SSSR count). The van der Waals surface area contributed by atoms with Crippen LogP contribution in [-0.2, 0) is 17.1 Å². The monoisotopic (exact) mass is 375 g/mol. The van der Waals surface area contributed by atoms with Crippen molar-refractivity contribution in [2.24, 2.45) is 7.05 Å². The largest absolute Gasteiger partial charge is 0.345 e. The quantitative estimate of drug-likeness (QED) is 0.744. The lowest BCUT2D eigenvalue weighted by Crippen LogP contribution is -2.15.